The van der Waals surface area contributed by atoms with Crippen LogP contribution in [0.25, 0.3) is 0 Å². The van der Waals surface area contributed by atoms with Gasteiger partial charge in [0.25, 0.3) is 0 Å². The van der Waals surface area contributed by atoms with E-state index in [0.29, 0.717) is 0 Å². The predicted molar refractivity (Wildman–Crippen MR) is 67.5 cm³/mol. The number of benzene rings is 2. The number of hydrogen-bond donors (Lipinski definition) is 0. The molecule has 2 nitrogen and oxygen atoms in total. The van der Waals surface area contributed by atoms with Gasteiger partial charge in [-0.2, -0.15) is 5.26 Å². The fourth-order valence-electron chi connectivity index (χ4n) is 2.35. The van der Waals surface area contributed by atoms with Crippen molar-refractivity contribution in [2.45, 2.75) is 13.1 Å². The SMILES string of the molecule is N#Cc1ccccc1N1Cc2ccccc2C1. The third-order valence-electron chi connectivity index (χ3n) is 3.21. The van der Waals surface area contributed by atoms with Crippen LogP contribution in [0.4, 0.5) is 5.69 Å². The van der Waals surface area contributed by atoms with Gasteiger partial charge in [0.2, 0.25) is 0 Å². The molecule has 0 spiro atoms. The molecule has 0 bridgehead atoms. The maximum atomic E-state index is 9.12. The largest absolute Gasteiger partial charge is 0.362 e. The van der Waals surface area contributed by atoms with Gasteiger partial charge in [0.1, 0.15) is 6.07 Å². The third kappa shape index (κ3) is 1.66. The van der Waals surface area contributed by atoms with Gasteiger partial charge in [0.05, 0.1) is 11.3 Å². The van der Waals surface area contributed by atoms with Gasteiger partial charge in [0.15, 0.2) is 0 Å². The van der Waals surface area contributed by atoms with E-state index in [1.807, 2.05) is 24.3 Å². The van der Waals surface area contributed by atoms with Crippen LogP contribution in [0, 0.1) is 11.3 Å². The summed E-state index contributed by atoms with van der Waals surface area (Å²) in [7, 11) is 0. The maximum absolute atomic E-state index is 9.12. The number of nitrogens with zero attached hydrogens (tertiary/aromatic N) is 2. The first-order valence-electron chi connectivity index (χ1n) is 5.69. The van der Waals surface area contributed by atoms with Gasteiger partial charge in [0, 0.05) is 13.1 Å². The number of fused-ring (bicyclic) bond motifs is 1. The molecule has 0 atom stereocenters. The molecule has 0 fully saturated rings. The fraction of sp³-hybridized carbons (Fsp3) is 0.133. The minimum Gasteiger partial charge on any atom is -0.362 e. The van der Waals surface area contributed by atoms with E-state index in [-0.39, 0.29) is 0 Å². The highest BCUT2D eigenvalue weighted by Crippen LogP contribution is 2.29. The van der Waals surface area contributed by atoms with Crippen molar-refractivity contribution in [1.29, 1.82) is 5.26 Å². The van der Waals surface area contributed by atoms with E-state index in [1.165, 1.54) is 11.1 Å². The molecule has 1 aliphatic heterocycles. The van der Waals surface area contributed by atoms with Gasteiger partial charge in [-0.3, -0.25) is 0 Å². The summed E-state index contributed by atoms with van der Waals surface area (Å²) < 4.78 is 0. The summed E-state index contributed by atoms with van der Waals surface area (Å²) in [6.45, 7) is 1.80. The van der Waals surface area contributed by atoms with Gasteiger partial charge in [-0.25, -0.2) is 0 Å². The van der Waals surface area contributed by atoms with E-state index >= 15 is 0 Å². The summed E-state index contributed by atoms with van der Waals surface area (Å²) in [6, 6.07) is 18.5. The van der Waals surface area contributed by atoms with Crippen LogP contribution in [0.3, 0.4) is 0 Å². The van der Waals surface area contributed by atoms with Crippen molar-refractivity contribution in [3.05, 3.63) is 65.2 Å². The van der Waals surface area contributed by atoms with Crippen LogP contribution in [-0.4, -0.2) is 0 Å². The molecule has 2 aromatic carbocycles. The van der Waals surface area contributed by atoms with E-state index in [2.05, 4.69) is 35.2 Å². The van der Waals surface area contributed by atoms with E-state index in [0.717, 1.165) is 24.3 Å². The summed E-state index contributed by atoms with van der Waals surface area (Å²) >= 11 is 0. The second kappa shape index (κ2) is 3.95. The van der Waals surface area contributed by atoms with Gasteiger partial charge >= 0.3 is 0 Å². The molecule has 0 N–H and O–H groups in total. The Labute approximate surface area is 101 Å². The van der Waals surface area contributed by atoms with Crippen molar-refractivity contribution < 1.29 is 0 Å². The molecular formula is C15H12N2. The summed E-state index contributed by atoms with van der Waals surface area (Å²) in [4.78, 5) is 2.25. The molecule has 1 heterocycles. The molecule has 0 unspecified atom stereocenters. The predicted octanol–water partition coefficient (Wildman–Crippen LogP) is 3.08. The zero-order valence-electron chi connectivity index (χ0n) is 9.43. The molecule has 1 aliphatic rings. The van der Waals surface area contributed by atoms with E-state index in [1.54, 1.807) is 0 Å². The van der Waals surface area contributed by atoms with Crippen LogP contribution < -0.4 is 4.90 Å². The Morgan fingerprint density at radius 1 is 0.882 bits per heavy atom. The summed E-state index contributed by atoms with van der Waals surface area (Å²) in [5, 5.41) is 9.12. The molecular weight excluding hydrogens is 208 g/mol. The second-order valence-electron chi connectivity index (χ2n) is 4.25. The number of rotatable bonds is 1. The van der Waals surface area contributed by atoms with Crippen LogP contribution in [0.1, 0.15) is 16.7 Å². The lowest BCUT2D eigenvalue weighted by molar-refractivity contribution is 0.878. The fourth-order valence-corrected chi connectivity index (χ4v) is 2.35. The highest BCUT2D eigenvalue weighted by atomic mass is 15.1. The first-order chi connectivity index (χ1) is 8.38. The standard InChI is InChI=1S/C15H12N2/c16-9-12-5-3-4-8-15(12)17-10-13-6-1-2-7-14(13)11-17/h1-8H,10-11H2. The molecule has 0 radical (unpaired) electrons. The summed E-state index contributed by atoms with van der Waals surface area (Å²) in [5.74, 6) is 0. The highest BCUT2D eigenvalue weighted by Gasteiger charge is 2.20. The lowest BCUT2D eigenvalue weighted by Crippen LogP contribution is -2.15. The summed E-state index contributed by atoms with van der Waals surface area (Å²) in [6.07, 6.45) is 0. The van der Waals surface area contributed by atoms with Crippen molar-refractivity contribution in [3.63, 3.8) is 0 Å². The Kier molecular flexibility index (Phi) is 2.31. The Hall–Kier alpha value is -2.27. The normalized spacial score (nSPS) is 13.2. The average molecular weight is 220 g/mol. The van der Waals surface area contributed by atoms with Crippen molar-refractivity contribution in [2.75, 3.05) is 4.90 Å². The smallest absolute Gasteiger partial charge is 0.101 e. The molecule has 0 aliphatic carbocycles. The molecule has 82 valence electrons. The molecule has 3 rings (SSSR count). The van der Waals surface area contributed by atoms with Gasteiger partial charge in [-0.15, -0.1) is 0 Å². The van der Waals surface area contributed by atoms with E-state index in [4.69, 9.17) is 5.26 Å². The zero-order valence-corrected chi connectivity index (χ0v) is 9.43. The minimum absolute atomic E-state index is 0.750. The van der Waals surface area contributed by atoms with Crippen molar-refractivity contribution in [1.82, 2.24) is 0 Å². The zero-order chi connectivity index (χ0) is 11.7. The van der Waals surface area contributed by atoms with Crippen LogP contribution in [0.15, 0.2) is 48.5 Å². The Morgan fingerprint density at radius 2 is 1.47 bits per heavy atom. The Morgan fingerprint density at radius 3 is 2.12 bits per heavy atom. The van der Waals surface area contributed by atoms with Gasteiger partial charge in [-0.1, -0.05) is 36.4 Å². The first kappa shape index (κ1) is 9.92. The van der Waals surface area contributed by atoms with Crippen LogP contribution in [-0.2, 0) is 13.1 Å². The van der Waals surface area contributed by atoms with Crippen LogP contribution in [0.2, 0.25) is 0 Å². The average Bonchev–Trinajstić information content (AvgIpc) is 2.82. The minimum atomic E-state index is 0.750. The number of nitriles is 1. The first-order valence-corrected chi connectivity index (χ1v) is 5.69. The quantitative estimate of drug-likeness (QED) is 0.738. The molecule has 0 saturated heterocycles. The molecule has 0 saturated carbocycles. The lowest BCUT2D eigenvalue weighted by atomic mass is 10.1. The highest BCUT2D eigenvalue weighted by molar-refractivity contribution is 5.61. The molecule has 0 amide bonds. The van der Waals surface area contributed by atoms with Crippen LogP contribution >= 0.6 is 0 Å². The number of hydrogen-bond acceptors (Lipinski definition) is 2. The molecule has 0 aromatic heterocycles. The van der Waals surface area contributed by atoms with Gasteiger partial charge in [-0.05, 0) is 23.3 Å². The van der Waals surface area contributed by atoms with Crippen LogP contribution in [0.5, 0.6) is 0 Å². The number of anilines is 1. The maximum Gasteiger partial charge on any atom is 0.101 e. The topological polar surface area (TPSA) is 27.0 Å². The van der Waals surface area contributed by atoms with E-state index in [9.17, 15) is 0 Å². The third-order valence-corrected chi connectivity index (χ3v) is 3.21. The molecule has 17 heavy (non-hydrogen) atoms. The Bertz CT molecular complexity index is 571. The van der Waals surface area contributed by atoms with E-state index < -0.39 is 0 Å². The second-order valence-corrected chi connectivity index (χ2v) is 4.25. The van der Waals surface area contributed by atoms with Crippen molar-refractivity contribution in [3.8, 4) is 6.07 Å². The molecule has 2 heteroatoms. The Balaban J connectivity index is 1.97. The van der Waals surface area contributed by atoms with Gasteiger partial charge < -0.3 is 4.90 Å². The van der Waals surface area contributed by atoms with Crippen molar-refractivity contribution >= 4 is 5.69 Å². The van der Waals surface area contributed by atoms with Crippen molar-refractivity contribution in [2.24, 2.45) is 0 Å². The monoisotopic (exact) mass is 220 g/mol. The number of para-hydroxylation sites is 1. The lowest BCUT2D eigenvalue weighted by Gasteiger charge is -2.18. The molecule has 2 aromatic rings. The summed E-state index contributed by atoms with van der Waals surface area (Å²) in [5.41, 5.74) is 4.51.